The third kappa shape index (κ3) is 3.15. The number of hydrogen-bond donors (Lipinski definition) is 1. The van der Waals surface area contributed by atoms with Crippen LogP contribution in [-0.4, -0.2) is 36.8 Å². The zero-order valence-corrected chi connectivity index (χ0v) is 10.6. The summed E-state index contributed by atoms with van der Waals surface area (Å²) < 4.78 is 5.11. The second-order valence-corrected chi connectivity index (χ2v) is 4.12. The van der Waals surface area contributed by atoms with E-state index in [9.17, 15) is 0 Å². The van der Waals surface area contributed by atoms with Crippen LogP contribution in [0.25, 0.3) is 0 Å². The average Bonchev–Trinajstić information content (AvgIpc) is 2.28. The first-order valence-corrected chi connectivity index (χ1v) is 5.44. The summed E-state index contributed by atoms with van der Waals surface area (Å²) in [7, 11) is 3.69. The topological polar surface area (TPSA) is 51.4 Å². The number of hydrogen-bond acceptors (Lipinski definition) is 4. The Morgan fingerprint density at radius 1 is 1.62 bits per heavy atom. The van der Waals surface area contributed by atoms with Gasteiger partial charge in [0.1, 0.15) is 4.99 Å². The van der Waals surface area contributed by atoms with Crippen molar-refractivity contribution in [3.63, 3.8) is 0 Å². The van der Waals surface area contributed by atoms with E-state index in [0.29, 0.717) is 23.3 Å². The average molecular weight is 239 g/mol. The molecule has 0 spiro atoms. The van der Waals surface area contributed by atoms with E-state index in [2.05, 4.69) is 16.8 Å². The third-order valence-electron chi connectivity index (χ3n) is 2.48. The number of methoxy groups -OCH3 is 1. The second kappa shape index (κ2) is 5.77. The molecule has 1 aromatic heterocycles. The van der Waals surface area contributed by atoms with Gasteiger partial charge in [0.25, 0.3) is 0 Å². The summed E-state index contributed by atoms with van der Waals surface area (Å²) in [6.07, 6.45) is 1.76. The van der Waals surface area contributed by atoms with E-state index < -0.39 is 0 Å². The van der Waals surface area contributed by atoms with Crippen molar-refractivity contribution in [1.82, 2.24) is 4.98 Å². The molecular weight excluding hydrogens is 222 g/mol. The van der Waals surface area contributed by atoms with Gasteiger partial charge in [0.15, 0.2) is 0 Å². The van der Waals surface area contributed by atoms with Crippen molar-refractivity contribution >= 4 is 22.9 Å². The Morgan fingerprint density at radius 3 is 2.75 bits per heavy atom. The summed E-state index contributed by atoms with van der Waals surface area (Å²) in [5.74, 6) is 0. The minimum absolute atomic E-state index is 0.294. The van der Waals surface area contributed by atoms with Gasteiger partial charge in [-0.15, -0.1) is 0 Å². The number of pyridine rings is 1. The Labute approximate surface area is 101 Å². The Hall–Kier alpha value is -1.20. The maximum Gasteiger partial charge on any atom is 0.122 e. The summed E-state index contributed by atoms with van der Waals surface area (Å²) >= 11 is 4.85. The maximum atomic E-state index is 5.48. The third-order valence-corrected chi connectivity index (χ3v) is 2.69. The summed E-state index contributed by atoms with van der Waals surface area (Å²) in [5.41, 5.74) is 7.15. The van der Waals surface area contributed by atoms with Crippen LogP contribution in [0, 0.1) is 0 Å². The molecule has 1 aromatic rings. The van der Waals surface area contributed by atoms with Crippen LogP contribution in [0.1, 0.15) is 12.6 Å². The highest BCUT2D eigenvalue weighted by atomic mass is 32.1. The van der Waals surface area contributed by atoms with Crippen LogP contribution in [0.5, 0.6) is 0 Å². The summed E-state index contributed by atoms with van der Waals surface area (Å²) in [6.45, 7) is 2.76. The zero-order valence-electron chi connectivity index (χ0n) is 9.80. The Kier molecular flexibility index (Phi) is 4.64. The van der Waals surface area contributed by atoms with E-state index in [1.54, 1.807) is 13.3 Å². The number of anilines is 1. The van der Waals surface area contributed by atoms with E-state index in [4.69, 9.17) is 22.7 Å². The molecule has 0 amide bonds. The number of rotatable bonds is 5. The number of aromatic nitrogens is 1. The van der Waals surface area contributed by atoms with Crippen molar-refractivity contribution in [3.05, 3.63) is 24.0 Å². The van der Waals surface area contributed by atoms with Gasteiger partial charge < -0.3 is 15.4 Å². The van der Waals surface area contributed by atoms with Gasteiger partial charge in [-0.2, -0.15) is 0 Å². The van der Waals surface area contributed by atoms with Crippen molar-refractivity contribution in [2.45, 2.75) is 13.0 Å². The first kappa shape index (κ1) is 12.9. The number of ether oxygens (including phenoxy) is 1. The molecule has 0 radical (unpaired) electrons. The summed E-state index contributed by atoms with van der Waals surface area (Å²) in [5, 5.41) is 0. The lowest BCUT2D eigenvalue weighted by atomic mass is 10.2. The van der Waals surface area contributed by atoms with Gasteiger partial charge in [-0.3, -0.25) is 4.98 Å². The highest BCUT2D eigenvalue weighted by Gasteiger charge is 2.10. The molecule has 0 aliphatic heterocycles. The molecule has 2 N–H and O–H groups in total. The van der Waals surface area contributed by atoms with Crippen LogP contribution in [0.15, 0.2) is 18.3 Å². The molecular formula is C11H17N3OS. The van der Waals surface area contributed by atoms with Gasteiger partial charge in [-0.1, -0.05) is 12.2 Å². The molecule has 1 unspecified atom stereocenters. The molecule has 16 heavy (non-hydrogen) atoms. The fourth-order valence-corrected chi connectivity index (χ4v) is 1.47. The Bertz CT molecular complexity index is 353. The highest BCUT2D eigenvalue weighted by Crippen LogP contribution is 2.14. The minimum Gasteiger partial charge on any atom is -0.388 e. The van der Waals surface area contributed by atoms with Crippen LogP contribution in [0.3, 0.4) is 0 Å². The van der Waals surface area contributed by atoms with Crippen LogP contribution in [0.2, 0.25) is 0 Å². The molecule has 0 aliphatic carbocycles. The molecule has 5 heteroatoms. The molecule has 1 heterocycles. The fourth-order valence-electron chi connectivity index (χ4n) is 1.35. The van der Waals surface area contributed by atoms with Gasteiger partial charge in [-0.05, 0) is 19.1 Å². The molecule has 0 aliphatic rings. The van der Waals surface area contributed by atoms with Gasteiger partial charge >= 0.3 is 0 Å². The predicted molar refractivity (Wildman–Crippen MR) is 69.9 cm³/mol. The molecule has 4 nitrogen and oxygen atoms in total. The van der Waals surface area contributed by atoms with Crippen LogP contribution in [-0.2, 0) is 4.74 Å². The summed E-state index contributed by atoms with van der Waals surface area (Å²) in [4.78, 5) is 6.61. The van der Waals surface area contributed by atoms with Crippen molar-refractivity contribution in [1.29, 1.82) is 0 Å². The number of nitrogens with zero attached hydrogens (tertiary/aromatic N) is 2. The van der Waals surface area contributed by atoms with Crippen LogP contribution in [0.4, 0.5) is 5.69 Å². The van der Waals surface area contributed by atoms with Gasteiger partial charge in [0, 0.05) is 20.2 Å². The molecule has 0 bridgehead atoms. The van der Waals surface area contributed by atoms with Crippen molar-refractivity contribution in [3.8, 4) is 0 Å². The van der Waals surface area contributed by atoms with Crippen molar-refractivity contribution in [2.24, 2.45) is 5.73 Å². The molecule has 88 valence electrons. The Balaban J connectivity index is 2.77. The van der Waals surface area contributed by atoms with Gasteiger partial charge in [-0.25, -0.2) is 0 Å². The van der Waals surface area contributed by atoms with E-state index in [0.717, 1.165) is 5.69 Å². The van der Waals surface area contributed by atoms with Gasteiger partial charge in [0.2, 0.25) is 0 Å². The van der Waals surface area contributed by atoms with Crippen LogP contribution >= 0.6 is 12.2 Å². The standard InChI is InChI=1S/C11H17N3OS/c1-8(7-15-3)14(2)9-4-5-10(11(12)16)13-6-9/h4-6,8H,7H2,1-3H3,(H2,12,16). The van der Waals surface area contributed by atoms with E-state index in [1.807, 2.05) is 19.2 Å². The maximum absolute atomic E-state index is 5.48. The van der Waals surface area contributed by atoms with E-state index >= 15 is 0 Å². The van der Waals surface area contributed by atoms with Gasteiger partial charge in [0.05, 0.1) is 24.2 Å². The predicted octanol–water partition coefficient (Wildman–Crippen LogP) is 1.19. The van der Waals surface area contributed by atoms with E-state index in [1.165, 1.54) is 0 Å². The normalized spacial score (nSPS) is 12.2. The van der Waals surface area contributed by atoms with Crippen LogP contribution < -0.4 is 10.6 Å². The van der Waals surface area contributed by atoms with Crippen molar-refractivity contribution < 1.29 is 4.74 Å². The SMILES string of the molecule is COCC(C)N(C)c1ccc(C(N)=S)nc1. The number of thiocarbonyl (C=S) groups is 1. The van der Waals surface area contributed by atoms with E-state index in [-0.39, 0.29) is 0 Å². The summed E-state index contributed by atoms with van der Waals surface area (Å²) in [6, 6.07) is 4.07. The smallest absolute Gasteiger partial charge is 0.122 e. The molecule has 1 atom stereocenters. The Morgan fingerprint density at radius 2 is 2.31 bits per heavy atom. The minimum atomic E-state index is 0.294. The first-order chi connectivity index (χ1) is 7.56. The lowest BCUT2D eigenvalue weighted by Crippen LogP contribution is -2.32. The monoisotopic (exact) mass is 239 g/mol. The fraction of sp³-hybridized carbons (Fsp3) is 0.455. The molecule has 1 rings (SSSR count). The zero-order chi connectivity index (χ0) is 12.1. The lowest BCUT2D eigenvalue weighted by Gasteiger charge is -2.26. The molecule has 0 aromatic carbocycles. The molecule has 0 saturated carbocycles. The quantitative estimate of drug-likeness (QED) is 0.782. The number of likely N-dealkylation sites (N-methyl/N-ethyl adjacent to an activating group) is 1. The van der Waals surface area contributed by atoms with Crippen molar-refractivity contribution in [2.75, 3.05) is 25.7 Å². The first-order valence-electron chi connectivity index (χ1n) is 5.04. The molecule has 0 saturated heterocycles. The molecule has 0 fully saturated rings. The highest BCUT2D eigenvalue weighted by molar-refractivity contribution is 7.80. The second-order valence-electron chi connectivity index (χ2n) is 3.68. The lowest BCUT2D eigenvalue weighted by molar-refractivity contribution is 0.183. The largest absolute Gasteiger partial charge is 0.388 e. The number of nitrogens with two attached hydrogens (primary N) is 1.